The first kappa shape index (κ1) is 19.1. The van der Waals surface area contributed by atoms with Gasteiger partial charge >= 0.3 is 0 Å². The Morgan fingerprint density at radius 3 is 2.54 bits per heavy atom. The van der Waals surface area contributed by atoms with Crippen LogP contribution in [-0.4, -0.2) is 53.7 Å². The normalized spacial score (nSPS) is 18.9. The Morgan fingerprint density at radius 2 is 1.77 bits per heavy atom. The molecule has 0 radical (unpaired) electrons. The van der Waals surface area contributed by atoms with Crippen molar-refractivity contribution >= 4 is 0 Å². The fraction of sp³-hybridized carbons (Fsp3) is 0.478. The minimum absolute atomic E-state index is 0.271. The molecule has 140 valence electrons. The molecule has 0 aliphatic carbocycles. The van der Waals surface area contributed by atoms with Gasteiger partial charge in [-0.2, -0.15) is 0 Å². The lowest BCUT2D eigenvalue weighted by atomic mass is 10.0. The Morgan fingerprint density at radius 1 is 1.00 bits per heavy atom. The summed E-state index contributed by atoms with van der Waals surface area (Å²) >= 11 is 0. The third kappa shape index (κ3) is 5.41. The van der Waals surface area contributed by atoms with Crippen molar-refractivity contribution in [3.8, 4) is 0 Å². The molecular formula is C23H32N2O. The van der Waals surface area contributed by atoms with Gasteiger partial charge in [0.2, 0.25) is 0 Å². The Kier molecular flexibility index (Phi) is 7.24. The second-order valence-electron chi connectivity index (χ2n) is 7.45. The summed E-state index contributed by atoms with van der Waals surface area (Å²) in [5.74, 6) is 0. The number of aryl methyl sites for hydroxylation is 2. The van der Waals surface area contributed by atoms with E-state index in [1.807, 2.05) is 0 Å². The average Bonchev–Trinajstić information content (AvgIpc) is 2.66. The molecule has 2 aromatic carbocycles. The van der Waals surface area contributed by atoms with Gasteiger partial charge in [-0.25, -0.2) is 0 Å². The van der Waals surface area contributed by atoms with Crippen LogP contribution in [0.4, 0.5) is 0 Å². The van der Waals surface area contributed by atoms with E-state index < -0.39 is 0 Å². The molecule has 26 heavy (non-hydrogen) atoms. The minimum Gasteiger partial charge on any atom is -0.396 e. The van der Waals surface area contributed by atoms with Crippen LogP contribution in [0, 0.1) is 6.92 Å². The van der Waals surface area contributed by atoms with Gasteiger partial charge in [-0.1, -0.05) is 54.6 Å². The maximum atomic E-state index is 9.52. The Bertz CT molecular complexity index is 658. The molecule has 1 N–H and O–H groups in total. The van der Waals surface area contributed by atoms with Crippen LogP contribution in [0.2, 0.25) is 0 Å². The monoisotopic (exact) mass is 352 g/mol. The number of rotatable bonds is 8. The molecule has 3 rings (SSSR count). The number of hydrogen-bond donors (Lipinski definition) is 1. The van der Waals surface area contributed by atoms with Gasteiger partial charge in [0.05, 0.1) is 0 Å². The number of benzene rings is 2. The van der Waals surface area contributed by atoms with Gasteiger partial charge in [0.15, 0.2) is 0 Å². The van der Waals surface area contributed by atoms with Crippen LogP contribution in [-0.2, 0) is 13.0 Å². The third-order valence-corrected chi connectivity index (χ3v) is 5.57. The molecular weight excluding hydrogens is 320 g/mol. The molecule has 3 heteroatoms. The molecule has 1 aliphatic rings. The van der Waals surface area contributed by atoms with E-state index in [-0.39, 0.29) is 6.61 Å². The first-order valence-electron chi connectivity index (χ1n) is 9.92. The number of piperazine rings is 1. The van der Waals surface area contributed by atoms with E-state index in [0.717, 1.165) is 45.6 Å². The molecule has 2 aromatic rings. The van der Waals surface area contributed by atoms with Crippen molar-refractivity contribution in [1.82, 2.24) is 9.80 Å². The van der Waals surface area contributed by atoms with Gasteiger partial charge in [0.25, 0.3) is 0 Å². The molecule has 1 saturated heterocycles. The van der Waals surface area contributed by atoms with Gasteiger partial charge in [-0.05, 0) is 49.4 Å². The zero-order valence-corrected chi connectivity index (χ0v) is 16.0. The van der Waals surface area contributed by atoms with Gasteiger partial charge in [-0.15, -0.1) is 0 Å². The quantitative estimate of drug-likeness (QED) is 0.788. The molecule has 0 spiro atoms. The number of aliphatic hydroxyl groups excluding tert-OH is 1. The topological polar surface area (TPSA) is 26.7 Å². The third-order valence-electron chi connectivity index (χ3n) is 5.57. The first-order chi connectivity index (χ1) is 12.8. The summed E-state index contributed by atoms with van der Waals surface area (Å²) in [7, 11) is 0. The molecule has 0 amide bonds. The van der Waals surface area contributed by atoms with Gasteiger partial charge in [0.1, 0.15) is 0 Å². The molecule has 0 unspecified atom stereocenters. The second kappa shape index (κ2) is 9.86. The smallest absolute Gasteiger partial charge is 0.0446 e. The standard InChI is InChI=1S/C23H32N2O/c1-20-8-5-6-12-22(20)18-25-16-15-24(19-23(25)13-17-26)14-7-11-21-9-3-2-4-10-21/h2-6,8-10,12,23,26H,7,11,13-19H2,1H3/t23-/m0/s1. The van der Waals surface area contributed by atoms with Crippen molar-refractivity contribution in [2.45, 2.75) is 38.8 Å². The van der Waals surface area contributed by atoms with Crippen molar-refractivity contribution in [1.29, 1.82) is 0 Å². The molecule has 1 aliphatic heterocycles. The summed E-state index contributed by atoms with van der Waals surface area (Å²) in [5.41, 5.74) is 4.20. The van der Waals surface area contributed by atoms with E-state index in [9.17, 15) is 5.11 Å². The van der Waals surface area contributed by atoms with Gasteiger partial charge in [-0.3, -0.25) is 4.90 Å². The first-order valence-corrected chi connectivity index (χ1v) is 9.92. The van der Waals surface area contributed by atoms with Crippen molar-refractivity contribution in [2.24, 2.45) is 0 Å². The largest absolute Gasteiger partial charge is 0.396 e. The maximum Gasteiger partial charge on any atom is 0.0446 e. The van der Waals surface area contributed by atoms with Crippen LogP contribution >= 0.6 is 0 Å². The molecule has 0 bridgehead atoms. The Labute approximate surface area is 158 Å². The summed E-state index contributed by atoms with van der Waals surface area (Å²) in [4.78, 5) is 5.14. The van der Waals surface area contributed by atoms with Crippen molar-refractivity contribution in [2.75, 3.05) is 32.8 Å². The van der Waals surface area contributed by atoms with Crippen LogP contribution in [0.1, 0.15) is 29.5 Å². The van der Waals surface area contributed by atoms with E-state index in [0.29, 0.717) is 6.04 Å². The highest BCUT2D eigenvalue weighted by Crippen LogP contribution is 2.19. The predicted octanol–water partition coefficient (Wildman–Crippen LogP) is 3.50. The van der Waals surface area contributed by atoms with Crippen LogP contribution < -0.4 is 0 Å². The summed E-state index contributed by atoms with van der Waals surface area (Å²) in [6, 6.07) is 19.9. The molecule has 0 aromatic heterocycles. The van der Waals surface area contributed by atoms with Crippen LogP contribution in [0.15, 0.2) is 54.6 Å². The summed E-state index contributed by atoms with van der Waals surface area (Å²) < 4.78 is 0. The van der Waals surface area contributed by atoms with Gasteiger partial charge < -0.3 is 10.0 Å². The van der Waals surface area contributed by atoms with Crippen molar-refractivity contribution in [3.63, 3.8) is 0 Å². The lowest BCUT2D eigenvalue weighted by Gasteiger charge is -2.41. The lowest BCUT2D eigenvalue weighted by molar-refractivity contribution is 0.0532. The van der Waals surface area contributed by atoms with Crippen molar-refractivity contribution < 1.29 is 5.11 Å². The zero-order valence-electron chi connectivity index (χ0n) is 16.0. The van der Waals surface area contributed by atoms with E-state index in [1.165, 1.54) is 23.1 Å². The van der Waals surface area contributed by atoms with E-state index >= 15 is 0 Å². The SMILES string of the molecule is Cc1ccccc1CN1CCN(CCCc2ccccc2)C[C@@H]1CCO. The average molecular weight is 353 g/mol. The molecule has 0 saturated carbocycles. The second-order valence-corrected chi connectivity index (χ2v) is 7.45. The van der Waals surface area contributed by atoms with E-state index in [4.69, 9.17) is 0 Å². The molecule has 1 atom stereocenters. The Hall–Kier alpha value is -1.68. The highest BCUT2D eigenvalue weighted by atomic mass is 16.3. The molecule has 3 nitrogen and oxygen atoms in total. The number of aliphatic hydroxyl groups is 1. The minimum atomic E-state index is 0.271. The fourth-order valence-corrected chi connectivity index (χ4v) is 3.95. The predicted molar refractivity (Wildman–Crippen MR) is 108 cm³/mol. The van der Waals surface area contributed by atoms with Gasteiger partial charge in [0, 0.05) is 38.8 Å². The fourth-order valence-electron chi connectivity index (χ4n) is 3.95. The summed E-state index contributed by atoms with van der Waals surface area (Å²) in [5, 5.41) is 9.52. The van der Waals surface area contributed by atoms with Crippen LogP contribution in [0.25, 0.3) is 0 Å². The Balaban J connectivity index is 1.51. The molecule has 1 fully saturated rings. The zero-order chi connectivity index (χ0) is 18.2. The maximum absolute atomic E-state index is 9.52. The van der Waals surface area contributed by atoms with E-state index in [1.54, 1.807) is 0 Å². The highest BCUT2D eigenvalue weighted by Gasteiger charge is 2.26. The van der Waals surface area contributed by atoms with Crippen molar-refractivity contribution in [3.05, 3.63) is 71.3 Å². The lowest BCUT2D eigenvalue weighted by Crippen LogP contribution is -2.53. The van der Waals surface area contributed by atoms with Crippen LogP contribution in [0.5, 0.6) is 0 Å². The number of hydrogen-bond acceptors (Lipinski definition) is 3. The number of nitrogens with zero attached hydrogens (tertiary/aromatic N) is 2. The molecule has 1 heterocycles. The van der Waals surface area contributed by atoms with E-state index in [2.05, 4.69) is 71.3 Å². The highest BCUT2D eigenvalue weighted by molar-refractivity contribution is 5.25. The summed E-state index contributed by atoms with van der Waals surface area (Å²) in [6.07, 6.45) is 3.21. The van der Waals surface area contributed by atoms with Crippen LogP contribution in [0.3, 0.4) is 0 Å². The summed E-state index contributed by atoms with van der Waals surface area (Å²) in [6.45, 7) is 7.89.